The van der Waals surface area contributed by atoms with E-state index in [4.69, 9.17) is 0 Å². The average molecular weight is 280 g/mol. The van der Waals surface area contributed by atoms with Gasteiger partial charge in [-0.05, 0) is 49.2 Å². The van der Waals surface area contributed by atoms with E-state index < -0.39 is 0 Å². The first-order chi connectivity index (χ1) is 10.1. The van der Waals surface area contributed by atoms with Gasteiger partial charge in [-0.3, -0.25) is 4.79 Å². The molecule has 1 amide bonds. The summed E-state index contributed by atoms with van der Waals surface area (Å²) in [6, 6.07) is 12.9. The first-order valence-electron chi connectivity index (χ1n) is 7.25. The van der Waals surface area contributed by atoms with Crippen molar-refractivity contribution in [1.82, 2.24) is 5.32 Å². The second kappa shape index (κ2) is 5.34. The van der Waals surface area contributed by atoms with E-state index in [1.165, 1.54) is 22.3 Å². The Hall–Kier alpha value is -2.13. The SMILES string of the molecule is CNC(c1ccc2c(c1)CC(=O)N2)c1cc(C)ccc1C. The number of benzene rings is 2. The van der Waals surface area contributed by atoms with Crippen LogP contribution in [0, 0.1) is 13.8 Å². The van der Waals surface area contributed by atoms with Gasteiger partial charge in [-0.2, -0.15) is 0 Å². The molecule has 2 aromatic rings. The van der Waals surface area contributed by atoms with Crippen LogP contribution in [-0.4, -0.2) is 13.0 Å². The molecule has 2 aromatic carbocycles. The van der Waals surface area contributed by atoms with Gasteiger partial charge in [0.1, 0.15) is 0 Å². The summed E-state index contributed by atoms with van der Waals surface area (Å²) in [6.07, 6.45) is 0.479. The molecule has 0 radical (unpaired) electrons. The molecule has 3 heteroatoms. The molecule has 21 heavy (non-hydrogen) atoms. The van der Waals surface area contributed by atoms with Crippen LogP contribution < -0.4 is 10.6 Å². The molecule has 0 aromatic heterocycles. The van der Waals surface area contributed by atoms with Gasteiger partial charge in [0.15, 0.2) is 0 Å². The van der Waals surface area contributed by atoms with E-state index in [0.717, 1.165) is 11.3 Å². The Balaban J connectivity index is 2.03. The van der Waals surface area contributed by atoms with Crippen molar-refractivity contribution in [2.24, 2.45) is 0 Å². The van der Waals surface area contributed by atoms with Gasteiger partial charge in [0.25, 0.3) is 0 Å². The quantitative estimate of drug-likeness (QED) is 0.907. The van der Waals surface area contributed by atoms with Gasteiger partial charge in [-0.25, -0.2) is 0 Å². The highest BCUT2D eigenvalue weighted by molar-refractivity contribution is 5.99. The van der Waals surface area contributed by atoms with Crippen molar-refractivity contribution in [2.75, 3.05) is 12.4 Å². The molecule has 0 saturated heterocycles. The van der Waals surface area contributed by atoms with E-state index in [2.05, 4.69) is 54.8 Å². The third kappa shape index (κ3) is 2.57. The van der Waals surface area contributed by atoms with E-state index >= 15 is 0 Å². The lowest BCUT2D eigenvalue weighted by Gasteiger charge is -2.20. The standard InChI is InChI=1S/C18H20N2O/c1-11-4-5-12(2)15(8-11)18(19-3)13-6-7-16-14(9-13)10-17(21)20-16/h4-9,18-19H,10H2,1-3H3,(H,20,21). The molecule has 3 rings (SSSR count). The molecular formula is C18H20N2O. The minimum Gasteiger partial charge on any atom is -0.326 e. The van der Waals surface area contributed by atoms with Gasteiger partial charge < -0.3 is 10.6 Å². The van der Waals surface area contributed by atoms with E-state index in [9.17, 15) is 4.79 Å². The lowest BCUT2D eigenvalue weighted by atomic mass is 9.92. The summed E-state index contributed by atoms with van der Waals surface area (Å²) in [5, 5.41) is 6.28. The Labute approximate surface area is 125 Å². The van der Waals surface area contributed by atoms with E-state index in [1.54, 1.807) is 0 Å². The number of carbonyl (C=O) groups is 1. The molecule has 2 N–H and O–H groups in total. The Morgan fingerprint density at radius 3 is 2.71 bits per heavy atom. The van der Waals surface area contributed by atoms with Crippen LogP contribution >= 0.6 is 0 Å². The molecule has 0 spiro atoms. The first-order valence-corrected chi connectivity index (χ1v) is 7.25. The Kier molecular flexibility index (Phi) is 3.52. The molecule has 0 aliphatic carbocycles. The number of amides is 1. The van der Waals surface area contributed by atoms with Gasteiger partial charge in [-0.1, -0.05) is 35.9 Å². The van der Waals surface area contributed by atoms with Crippen LogP contribution in [0.5, 0.6) is 0 Å². The second-order valence-corrected chi connectivity index (χ2v) is 5.72. The van der Waals surface area contributed by atoms with Crippen molar-refractivity contribution >= 4 is 11.6 Å². The summed E-state index contributed by atoms with van der Waals surface area (Å²) >= 11 is 0. The number of rotatable bonds is 3. The molecule has 1 heterocycles. The van der Waals surface area contributed by atoms with Crippen molar-refractivity contribution in [3.8, 4) is 0 Å². The third-order valence-electron chi connectivity index (χ3n) is 4.12. The molecule has 108 valence electrons. The number of aryl methyl sites for hydroxylation is 2. The highest BCUT2D eigenvalue weighted by Gasteiger charge is 2.21. The number of hydrogen-bond acceptors (Lipinski definition) is 2. The van der Waals surface area contributed by atoms with Crippen LogP contribution in [0.15, 0.2) is 36.4 Å². The van der Waals surface area contributed by atoms with Crippen molar-refractivity contribution in [2.45, 2.75) is 26.3 Å². The van der Waals surface area contributed by atoms with Crippen LogP contribution in [0.2, 0.25) is 0 Å². The molecule has 1 unspecified atom stereocenters. The molecule has 0 saturated carbocycles. The van der Waals surface area contributed by atoms with Gasteiger partial charge in [-0.15, -0.1) is 0 Å². The second-order valence-electron chi connectivity index (χ2n) is 5.72. The van der Waals surface area contributed by atoms with Crippen LogP contribution in [0.25, 0.3) is 0 Å². The smallest absolute Gasteiger partial charge is 0.228 e. The number of nitrogens with one attached hydrogen (secondary N) is 2. The summed E-state index contributed by atoms with van der Waals surface area (Å²) in [7, 11) is 1.98. The van der Waals surface area contributed by atoms with E-state index in [1.807, 2.05) is 13.1 Å². The maximum Gasteiger partial charge on any atom is 0.228 e. The lowest BCUT2D eigenvalue weighted by Crippen LogP contribution is -2.19. The van der Waals surface area contributed by atoms with Gasteiger partial charge in [0.2, 0.25) is 5.91 Å². The molecule has 1 aliphatic rings. The number of fused-ring (bicyclic) bond motifs is 1. The van der Waals surface area contributed by atoms with Crippen molar-refractivity contribution < 1.29 is 4.79 Å². The topological polar surface area (TPSA) is 41.1 Å². The maximum atomic E-state index is 11.5. The summed E-state index contributed by atoms with van der Waals surface area (Å²) in [5.74, 6) is 0.0786. The Bertz CT molecular complexity index is 706. The average Bonchev–Trinajstić information content (AvgIpc) is 2.83. The minimum atomic E-state index is 0.0786. The zero-order valence-electron chi connectivity index (χ0n) is 12.7. The largest absolute Gasteiger partial charge is 0.326 e. The zero-order chi connectivity index (χ0) is 15.0. The zero-order valence-corrected chi connectivity index (χ0v) is 12.7. The van der Waals surface area contributed by atoms with Gasteiger partial charge >= 0.3 is 0 Å². The molecule has 1 atom stereocenters. The van der Waals surface area contributed by atoms with Gasteiger partial charge in [0.05, 0.1) is 12.5 Å². The summed E-state index contributed by atoms with van der Waals surface area (Å²) in [6.45, 7) is 4.25. The first kappa shape index (κ1) is 13.8. The predicted molar refractivity (Wildman–Crippen MR) is 85.6 cm³/mol. The fourth-order valence-corrected chi connectivity index (χ4v) is 3.00. The van der Waals surface area contributed by atoms with Crippen molar-refractivity contribution in [3.63, 3.8) is 0 Å². The van der Waals surface area contributed by atoms with Crippen LogP contribution in [-0.2, 0) is 11.2 Å². The fraction of sp³-hybridized carbons (Fsp3) is 0.278. The predicted octanol–water partition coefficient (Wildman–Crippen LogP) is 3.11. The van der Waals surface area contributed by atoms with Crippen LogP contribution in [0.3, 0.4) is 0 Å². The van der Waals surface area contributed by atoms with Crippen molar-refractivity contribution in [3.05, 3.63) is 64.2 Å². The molecule has 0 fully saturated rings. The third-order valence-corrected chi connectivity index (χ3v) is 4.12. The highest BCUT2D eigenvalue weighted by atomic mass is 16.1. The normalized spacial score (nSPS) is 14.7. The fourth-order valence-electron chi connectivity index (χ4n) is 3.00. The monoisotopic (exact) mass is 280 g/mol. The highest BCUT2D eigenvalue weighted by Crippen LogP contribution is 2.30. The van der Waals surface area contributed by atoms with Crippen LogP contribution in [0.1, 0.15) is 33.9 Å². The number of carbonyl (C=O) groups excluding carboxylic acids is 1. The lowest BCUT2D eigenvalue weighted by molar-refractivity contribution is -0.115. The number of anilines is 1. The maximum absolute atomic E-state index is 11.5. The minimum absolute atomic E-state index is 0.0786. The Morgan fingerprint density at radius 1 is 1.14 bits per heavy atom. The molecule has 0 bridgehead atoms. The molecular weight excluding hydrogens is 260 g/mol. The summed E-state index contributed by atoms with van der Waals surface area (Å²) in [5.41, 5.74) is 7.04. The number of hydrogen-bond donors (Lipinski definition) is 2. The van der Waals surface area contributed by atoms with E-state index in [-0.39, 0.29) is 11.9 Å². The molecule has 3 nitrogen and oxygen atoms in total. The van der Waals surface area contributed by atoms with Gasteiger partial charge in [0, 0.05) is 5.69 Å². The Morgan fingerprint density at radius 2 is 1.95 bits per heavy atom. The van der Waals surface area contributed by atoms with Crippen LogP contribution in [0.4, 0.5) is 5.69 Å². The summed E-state index contributed by atoms with van der Waals surface area (Å²) in [4.78, 5) is 11.5. The summed E-state index contributed by atoms with van der Waals surface area (Å²) < 4.78 is 0. The van der Waals surface area contributed by atoms with Crippen molar-refractivity contribution in [1.29, 1.82) is 0 Å². The van der Waals surface area contributed by atoms with E-state index in [0.29, 0.717) is 6.42 Å². The molecule has 1 aliphatic heterocycles.